The van der Waals surface area contributed by atoms with Crippen LogP contribution in [0.5, 0.6) is 0 Å². The maximum Gasteiger partial charge on any atom is 0.129 e. The summed E-state index contributed by atoms with van der Waals surface area (Å²) in [6.07, 6.45) is 3.98. The average molecular weight is 206 g/mol. The van der Waals surface area contributed by atoms with Gasteiger partial charge in [-0.15, -0.1) is 0 Å². The Morgan fingerprint density at radius 3 is 2.93 bits per heavy atom. The lowest BCUT2D eigenvalue weighted by Crippen LogP contribution is -2.04. The van der Waals surface area contributed by atoms with Gasteiger partial charge in [0.15, 0.2) is 0 Å². The molecule has 0 unspecified atom stereocenters. The summed E-state index contributed by atoms with van der Waals surface area (Å²) in [4.78, 5) is 4.31. The molecule has 0 atom stereocenters. The van der Waals surface area contributed by atoms with Gasteiger partial charge in [-0.3, -0.25) is 5.10 Å². The van der Waals surface area contributed by atoms with Crippen molar-refractivity contribution in [1.82, 2.24) is 15.2 Å². The second kappa shape index (κ2) is 2.82. The molecule has 1 aliphatic rings. The molecule has 4 heteroatoms. The van der Waals surface area contributed by atoms with E-state index in [2.05, 4.69) is 15.2 Å². The second-order valence-electron chi connectivity index (χ2n) is 3.40. The maximum absolute atomic E-state index is 5.86. The highest BCUT2D eigenvalue weighted by Crippen LogP contribution is 2.30. The summed E-state index contributed by atoms with van der Waals surface area (Å²) in [5, 5.41) is 7.59. The first-order valence-corrected chi connectivity index (χ1v) is 4.91. The van der Waals surface area contributed by atoms with Gasteiger partial charge in [0.2, 0.25) is 0 Å². The number of rotatable bonds is 0. The number of aromatic amines is 1. The lowest BCUT2D eigenvalue weighted by molar-refractivity contribution is 0.926. The number of fused-ring (bicyclic) bond motifs is 3. The largest absolute Gasteiger partial charge is 0.285 e. The minimum Gasteiger partial charge on any atom is -0.285 e. The van der Waals surface area contributed by atoms with E-state index in [-0.39, 0.29) is 0 Å². The molecule has 0 saturated carbocycles. The Labute approximate surface area is 86.1 Å². The molecule has 14 heavy (non-hydrogen) atoms. The van der Waals surface area contributed by atoms with Crippen molar-refractivity contribution in [2.75, 3.05) is 0 Å². The van der Waals surface area contributed by atoms with Crippen molar-refractivity contribution < 1.29 is 0 Å². The van der Waals surface area contributed by atoms with E-state index in [9.17, 15) is 0 Å². The third-order valence-corrected chi connectivity index (χ3v) is 2.76. The van der Waals surface area contributed by atoms with Crippen LogP contribution in [0.4, 0.5) is 0 Å². The summed E-state index contributed by atoms with van der Waals surface area (Å²) in [7, 11) is 0. The van der Waals surface area contributed by atoms with Crippen LogP contribution < -0.4 is 0 Å². The van der Waals surface area contributed by atoms with Gasteiger partial charge in [-0.2, -0.15) is 5.10 Å². The number of hydrogen-bond donors (Lipinski definition) is 1. The van der Waals surface area contributed by atoms with Crippen LogP contribution in [0.15, 0.2) is 18.3 Å². The molecule has 3 rings (SSSR count). The van der Waals surface area contributed by atoms with Gasteiger partial charge in [0.05, 0.1) is 5.69 Å². The standard InChI is InChI=1S/C10H8ClN3/c11-8-4-3-6-1-2-7-5-12-14-10(7)9(6)13-8/h3-5H,1-2H2,(H,12,14). The monoisotopic (exact) mass is 205 g/mol. The lowest BCUT2D eigenvalue weighted by Gasteiger charge is -2.13. The van der Waals surface area contributed by atoms with E-state index >= 15 is 0 Å². The van der Waals surface area contributed by atoms with Crippen molar-refractivity contribution in [3.63, 3.8) is 0 Å². The minimum atomic E-state index is 0.527. The van der Waals surface area contributed by atoms with Gasteiger partial charge in [0.25, 0.3) is 0 Å². The molecule has 2 aromatic rings. The number of nitrogens with zero attached hydrogens (tertiary/aromatic N) is 2. The van der Waals surface area contributed by atoms with E-state index in [1.807, 2.05) is 18.3 Å². The molecule has 0 saturated heterocycles. The average Bonchev–Trinajstić information content (AvgIpc) is 2.65. The molecular weight excluding hydrogens is 198 g/mol. The number of H-pyrrole nitrogens is 1. The van der Waals surface area contributed by atoms with Gasteiger partial charge in [0.1, 0.15) is 10.8 Å². The van der Waals surface area contributed by atoms with Crippen LogP contribution in [0.3, 0.4) is 0 Å². The smallest absolute Gasteiger partial charge is 0.129 e. The number of hydrogen-bond acceptors (Lipinski definition) is 2. The molecule has 1 N–H and O–H groups in total. The number of pyridine rings is 1. The van der Waals surface area contributed by atoms with Gasteiger partial charge in [-0.25, -0.2) is 4.98 Å². The third kappa shape index (κ3) is 1.06. The van der Waals surface area contributed by atoms with Crippen LogP contribution in [0.2, 0.25) is 5.15 Å². The van der Waals surface area contributed by atoms with Crippen molar-refractivity contribution in [2.45, 2.75) is 12.8 Å². The van der Waals surface area contributed by atoms with E-state index in [1.165, 1.54) is 11.1 Å². The molecule has 0 radical (unpaired) electrons. The highest BCUT2D eigenvalue weighted by molar-refractivity contribution is 6.29. The highest BCUT2D eigenvalue weighted by Gasteiger charge is 2.19. The predicted molar refractivity (Wildman–Crippen MR) is 54.2 cm³/mol. The summed E-state index contributed by atoms with van der Waals surface area (Å²) < 4.78 is 0. The van der Waals surface area contributed by atoms with Gasteiger partial charge in [-0.05, 0) is 30.0 Å². The molecule has 0 spiro atoms. The molecule has 2 heterocycles. The Balaban J connectivity index is 2.28. The van der Waals surface area contributed by atoms with E-state index in [0.717, 1.165) is 24.2 Å². The molecule has 1 aliphatic carbocycles. The van der Waals surface area contributed by atoms with Crippen molar-refractivity contribution in [3.8, 4) is 11.4 Å². The van der Waals surface area contributed by atoms with Crippen molar-refractivity contribution in [2.24, 2.45) is 0 Å². The van der Waals surface area contributed by atoms with E-state index < -0.39 is 0 Å². The molecule has 0 fully saturated rings. The molecule has 3 nitrogen and oxygen atoms in total. The normalized spacial score (nSPS) is 13.5. The van der Waals surface area contributed by atoms with Gasteiger partial charge < -0.3 is 0 Å². The Morgan fingerprint density at radius 1 is 1.14 bits per heavy atom. The Morgan fingerprint density at radius 2 is 2.00 bits per heavy atom. The quantitative estimate of drug-likeness (QED) is 0.670. The zero-order chi connectivity index (χ0) is 9.54. The zero-order valence-corrected chi connectivity index (χ0v) is 8.17. The van der Waals surface area contributed by atoms with Gasteiger partial charge >= 0.3 is 0 Å². The Hall–Kier alpha value is -1.35. The van der Waals surface area contributed by atoms with E-state index in [0.29, 0.717) is 5.15 Å². The minimum absolute atomic E-state index is 0.527. The predicted octanol–water partition coefficient (Wildman–Crippen LogP) is 2.22. The molecule has 0 bridgehead atoms. The zero-order valence-electron chi connectivity index (χ0n) is 7.42. The molecule has 0 amide bonds. The maximum atomic E-state index is 5.86. The van der Waals surface area contributed by atoms with E-state index in [1.54, 1.807) is 0 Å². The van der Waals surface area contributed by atoms with Crippen LogP contribution in [-0.2, 0) is 12.8 Å². The molecule has 0 aromatic carbocycles. The van der Waals surface area contributed by atoms with Crippen LogP contribution in [-0.4, -0.2) is 15.2 Å². The van der Waals surface area contributed by atoms with Crippen molar-refractivity contribution in [3.05, 3.63) is 34.6 Å². The fourth-order valence-corrected chi connectivity index (χ4v) is 2.00. The second-order valence-corrected chi connectivity index (χ2v) is 3.79. The molecule has 2 aromatic heterocycles. The van der Waals surface area contributed by atoms with Gasteiger partial charge in [-0.1, -0.05) is 17.7 Å². The van der Waals surface area contributed by atoms with Crippen molar-refractivity contribution >= 4 is 11.6 Å². The summed E-state index contributed by atoms with van der Waals surface area (Å²) in [5.74, 6) is 0. The number of halogens is 1. The van der Waals surface area contributed by atoms with Crippen LogP contribution in [0, 0.1) is 0 Å². The lowest BCUT2D eigenvalue weighted by atomic mass is 9.95. The van der Waals surface area contributed by atoms with Crippen LogP contribution in [0.25, 0.3) is 11.4 Å². The number of aromatic nitrogens is 3. The fraction of sp³-hybridized carbons (Fsp3) is 0.200. The summed E-state index contributed by atoms with van der Waals surface area (Å²) in [5.41, 5.74) is 4.34. The summed E-state index contributed by atoms with van der Waals surface area (Å²) >= 11 is 5.86. The highest BCUT2D eigenvalue weighted by atomic mass is 35.5. The topological polar surface area (TPSA) is 41.6 Å². The van der Waals surface area contributed by atoms with Crippen LogP contribution >= 0.6 is 11.6 Å². The summed E-state index contributed by atoms with van der Waals surface area (Å²) in [6.45, 7) is 0. The first-order valence-electron chi connectivity index (χ1n) is 4.53. The van der Waals surface area contributed by atoms with Gasteiger partial charge in [0, 0.05) is 6.20 Å². The Kier molecular flexibility index (Phi) is 1.61. The molecular formula is C10H8ClN3. The Bertz CT molecular complexity index is 490. The molecule has 0 aliphatic heterocycles. The van der Waals surface area contributed by atoms with E-state index in [4.69, 9.17) is 11.6 Å². The first-order chi connectivity index (χ1) is 6.84. The first kappa shape index (κ1) is 8.00. The number of nitrogens with one attached hydrogen (secondary N) is 1. The molecule has 70 valence electrons. The van der Waals surface area contributed by atoms with Crippen LogP contribution in [0.1, 0.15) is 11.1 Å². The fourth-order valence-electron chi connectivity index (χ4n) is 1.85. The summed E-state index contributed by atoms with van der Waals surface area (Å²) in [6, 6.07) is 3.86. The third-order valence-electron chi connectivity index (χ3n) is 2.55. The van der Waals surface area contributed by atoms with Crippen molar-refractivity contribution in [1.29, 1.82) is 0 Å². The number of aryl methyl sites for hydroxylation is 2. The SMILES string of the molecule is Clc1ccc2c(n1)-c1n[nH]cc1CC2.